The zero-order valence-corrected chi connectivity index (χ0v) is 11.9. The number of aliphatic hydroxyl groups is 1. The molecule has 0 aliphatic heterocycles. The Morgan fingerprint density at radius 2 is 2.10 bits per heavy atom. The quantitative estimate of drug-likeness (QED) is 0.868. The first-order valence-corrected chi connectivity index (χ1v) is 6.46. The lowest BCUT2D eigenvalue weighted by molar-refractivity contribution is 0.169. The van der Waals surface area contributed by atoms with E-state index in [4.69, 9.17) is 9.47 Å². The second-order valence-electron chi connectivity index (χ2n) is 4.32. The minimum Gasteiger partial charge on any atom is -0.497 e. The molecule has 0 saturated carbocycles. The zero-order chi connectivity index (χ0) is 14.5. The summed E-state index contributed by atoms with van der Waals surface area (Å²) < 4.78 is 12.2. The predicted molar refractivity (Wildman–Crippen MR) is 73.9 cm³/mol. The molecule has 1 aromatic heterocycles. The second-order valence-corrected chi connectivity index (χ2v) is 4.32. The van der Waals surface area contributed by atoms with Crippen LogP contribution in [0.2, 0.25) is 0 Å². The van der Waals surface area contributed by atoms with Crippen LogP contribution in [-0.4, -0.2) is 34.1 Å². The molecule has 0 aliphatic carbocycles. The molecule has 6 heteroatoms. The zero-order valence-electron chi connectivity index (χ0n) is 11.9. The van der Waals surface area contributed by atoms with Crippen LogP contribution in [0.1, 0.15) is 24.4 Å². The summed E-state index contributed by atoms with van der Waals surface area (Å²) in [4.78, 5) is 4.17. The third kappa shape index (κ3) is 2.91. The van der Waals surface area contributed by atoms with Crippen molar-refractivity contribution in [2.75, 3.05) is 14.2 Å². The van der Waals surface area contributed by atoms with Gasteiger partial charge in [-0.15, -0.1) is 0 Å². The fraction of sp³-hybridized carbons (Fsp3) is 0.429. The number of hydrogen-bond donors (Lipinski definition) is 1. The molecule has 0 saturated heterocycles. The Hall–Kier alpha value is -2.08. The van der Waals surface area contributed by atoms with Gasteiger partial charge in [0.25, 0.3) is 0 Å². The molecule has 2 aromatic rings. The fourth-order valence-electron chi connectivity index (χ4n) is 2.09. The minimum atomic E-state index is -0.703. The number of aryl methyl sites for hydroxylation is 1. The van der Waals surface area contributed by atoms with Crippen molar-refractivity contribution in [1.82, 2.24) is 14.8 Å². The third-order valence-electron chi connectivity index (χ3n) is 3.17. The van der Waals surface area contributed by atoms with E-state index in [2.05, 4.69) is 10.1 Å². The van der Waals surface area contributed by atoms with Crippen molar-refractivity contribution >= 4 is 0 Å². The molecule has 1 heterocycles. The molecule has 108 valence electrons. The Bertz CT molecular complexity index is 569. The molecule has 0 aliphatic rings. The SMILES string of the molecule is CCn1ncnc1CC(O)c1ccc(OC)cc1OC. The average Bonchev–Trinajstić information content (AvgIpc) is 2.93. The molecule has 20 heavy (non-hydrogen) atoms. The van der Waals surface area contributed by atoms with Gasteiger partial charge in [0.1, 0.15) is 23.7 Å². The summed E-state index contributed by atoms with van der Waals surface area (Å²) in [5, 5.41) is 14.5. The summed E-state index contributed by atoms with van der Waals surface area (Å²) in [5.74, 6) is 2.03. The van der Waals surface area contributed by atoms with E-state index in [1.165, 1.54) is 6.33 Å². The molecule has 1 atom stereocenters. The van der Waals surface area contributed by atoms with Crippen LogP contribution in [0.3, 0.4) is 0 Å². The molecule has 2 rings (SSSR count). The van der Waals surface area contributed by atoms with E-state index in [9.17, 15) is 5.11 Å². The van der Waals surface area contributed by atoms with Crippen molar-refractivity contribution < 1.29 is 14.6 Å². The molecular weight excluding hydrogens is 258 g/mol. The number of benzene rings is 1. The highest BCUT2D eigenvalue weighted by Crippen LogP contribution is 2.30. The summed E-state index contributed by atoms with van der Waals surface area (Å²) in [7, 11) is 3.16. The van der Waals surface area contributed by atoms with Crippen molar-refractivity contribution in [3.8, 4) is 11.5 Å². The maximum atomic E-state index is 10.4. The molecule has 0 fully saturated rings. The van der Waals surface area contributed by atoms with E-state index in [1.807, 2.05) is 6.92 Å². The Balaban J connectivity index is 2.22. The number of ether oxygens (including phenoxy) is 2. The summed E-state index contributed by atoms with van der Waals surface area (Å²) >= 11 is 0. The Kier molecular flexibility index (Phi) is 4.57. The number of hydrogen-bond acceptors (Lipinski definition) is 5. The predicted octanol–water partition coefficient (Wildman–Crippen LogP) is 1.59. The maximum absolute atomic E-state index is 10.4. The second kappa shape index (κ2) is 6.38. The van der Waals surface area contributed by atoms with Crippen LogP contribution in [0.15, 0.2) is 24.5 Å². The van der Waals surface area contributed by atoms with Gasteiger partial charge in [0, 0.05) is 24.6 Å². The first-order chi connectivity index (χ1) is 9.69. The largest absolute Gasteiger partial charge is 0.497 e. The smallest absolute Gasteiger partial charge is 0.138 e. The number of rotatable bonds is 6. The van der Waals surface area contributed by atoms with Gasteiger partial charge in [0.05, 0.1) is 20.3 Å². The van der Waals surface area contributed by atoms with Crippen molar-refractivity contribution in [1.29, 1.82) is 0 Å². The van der Waals surface area contributed by atoms with E-state index in [0.717, 1.165) is 12.4 Å². The first kappa shape index (κ1) is 14.3. The lowest BCUT2D eigenvalue weighted by Gasteiger charge is -2.15. The third-order valence-corrected chi connectivity index (χ3v) is 3.17. The summed E-state index contributed by atoms with van der Waals surface area (Å²) in [6, 6.07) is 5.35. The van der Waals surface area contributed by atoms with Crippen LogP contribution in [0.5, 0.6) is 11.5 Å². The highest BCUT2D eigenvalue weighted by molar-refractivity contribution is 5.42. The number of nitrogens with zero attached hydrogens (tertiary/aromatic N) is 3. The molecular formula is C14H19N3O3. The number of aromatic nitrogens is 3. The fourth-order valence-corrected chi connectivity index (χ4v) is 2.09. The molecule has 0 radical (unpaired) electrons. The van der Waals surface area contributed by atoms with Gasteiger partial charge in [0.2, 0.25) is 0 Å². The van der Waals surface area contributed by atoms with Gasteiger partial charge >= 0.3 is 0 Å². The lowest BCUT2D eigenvalue weighted by Crippen LogP contribution is -2.10. The van der Waals surface area contributed by atoms with Crippen LogP contribution in [0.4, 0.5) is 0 Å². The molecule has 0 bridgehead atoms. The van der Waals surface area contributed by atoms with Crippen LogP contribution >= 0.6 is 0 Å². The lowest BCUT2D eigenvalue weighted by atomic mass is 10.0. The van der Waals surface area contributed by atoms with Gasteiger partial charge in [-0.1, -0.05) is 0 Å². The highest BCUT2D eigenvalue weighted by Gasteiger charge is 2.17. The van der Waals surface area contributed by atoms with Gasteiger partial charge in [-0.25, -0.2) is 4.98 Å². The van der Waals surface area contributed by atoms with Gasteiger partial charge in [-0.2, -0.15) is 5.10 Å². The van der Waals surface area contributed by atoms with E-state index < -0.39 is 6.10 Å². The van der Waals surface area contributed by atoms with Gasteiger partial charge in [-0.3, -0.25) is 4.68 Å². The Labute approximate surface area is 118 Å². The normalized spacial score (nSPS) is 12.2. The van der Waals surface area contributed by atoms with Crippen LogP contribution in [0, 0.1) is 0 Å². The number of aliphatic hydroxyl groups excluding tert-OH is 1. The highest BCUT2D eigenvalue weighted by atomic mass is 16.5. The minimum absolute atomic E-state index is 0.385. The molecule has 1 unspecified atom stereocenters. The van der Waals surface area contributed by atoms with Crippen molar-refractivity contribution in [3.05, 3.63) is 35.9 Å². The maximum Gasteiger partial charge on any atom is 0.138 e. The topological polar surface area (TPSA) is 69.4 Å². The van der Waals surface area contributed by atoms with E-state index in [-0.39, 0.29) is 0 Å². The molecule has 1 aromatic carbocycles. The van der Waals surface area contributed by atoms with Gasteiger partial charge < -0.3 is 14.6 Å². The standard InChI is InChI=1S/C14H19N3O3/c1-4-17-14(15-9-16-17)8-12(18)11-6-5-10(19-2)7-13(11)20-3/h5-7,9,12,18H,4,8H2,1-3H3. The van der Waals surface area contributed by atoms with Gasteiger partial charge in [0.15, 0.2) is 0 Å². The molecule has 0 amide bonds. The summed E-state index contributed by atoms with van der Waals surface area (Å²) in [6.45, 7) is 2.71. The Morgan fingerprint density at radius 1 is 1.30 bits per heavy atom. The van der Waals surface area contributed by atoms with Crippen molar-refractivity contribution in [2.24, 2.45) is 0 Å². The van der Waals surface area contributed by atoms with Crippen molar-refractivity contribution in [2.45, 2.75) is 26.0 Å². The van der Waals surface area contributed by atoms with Gasteiger partial charge in [-0.05, 0) is 19.1 Å². The average molecular weight is 277 g/mol. The monoisotopic (exact) mass is 277 g/mol. The van der Waals surface area contributed by atoms with E-state index in [0.29, 0.717) is 23.5 Å². The van der Waals surface area contributed by atoms with E-state index in [1.54, 1.807) is 37.1 Å². The van der Waals surface area contributed by atoms with Crippen LogP contribution in [0.25, 0.3) is 0 Å². The molecule has 0 spiro atoms. The number of methoxy groups -OCH3 is 2. The Morgan fingerprint density at radius 3 is 2.75 bits per heavy atom. The molecule has 6 nitrogen and oxygen atoms in total. The first-order valence-electron chi connectivity index (χ1n) is 6.46. The van der Waals surface area contributed by atoms with E-state index >= 15 is 0 Å². The van der Waals surface area contributed by atoms with Crippen molar-refractivity contribution in [3.63, 3.8) is 0 Å². The summed E-state index contributed by atoms with van der Waals surface area (Å²) in [5.41, 5.74) is 0.707. The molecule has 1 N–H and O–H groups in total. The summed E-state index contributed by atoms with van der Waals surface area (Å²) in [6.07, 6.45) is 1.18. The van der Waals surface area contributed by atoms with Crippen LogP contribution in [-0.2, 0) is 13.0 Å². The van der Waals surface area contributed by atoms with Crippen LogP contribution < -0.4 is 9.47 Å².